The zero-order valence-corrected chi connectivity index (χ0v) is 29.7. The summed E-state index contributed by atoms with van der Waals surface area (Å²) < 4.78 is 18.5. The molecule has 2 fully saturated rings. The number of aliphatic hydroxyl groups is 4. The Labute approximate surface area is 281 Å². The van der Waals surface area contributed by atoms with Crippen molar-refractivity contribution in [3.8, 4) is 0 Å². The third-order valence-electron chi connectivity index (χ3n) is 10.4. The molecule has 12 unspecified atom stereocenters. The van der Waals surface area contributed by atoms with Gasteiger partial charge in [0.2, 0.25) is 0 Å². The van der Waals surface area contributed by atoms with Gasteiger partial charge in [-0.25, -0.2) is 0 Å². The number of likely N-dealkylation sites (N-methyl/N-ethyl adjacent to an activating group) is 1. The average Bonchev–Trinajstić information content (AvgIpc) is 3.04. The number of piperidine rings is 1. The van der Waals surface area contributed by atoms with Crippen molar-refractivity contribution in [2.75, 3.05) is 40.3 Å². The van der Waals surface area contributed by atoms with Crippen LogP contribution in [0.3, 0.4) is 0 Å². The standard InChI is InChI=1S/C36H62N2O9/c1-8-30-27(21-39)18-22(2)12-13-28(40)23(3)19-26(14-17-38-15-10-9-11-16-38)35(24(4)29(41)20-31(42)46-30)47-36-34(44)32(37(6)7)33(43)25(5)45-36/h12-13,18,23-27,29-30,32-36,39,41,43-44H,8-11,14-17,19-21H2,1-7H3. The van der Waals surface area contributed by atoms with Gasteiger partial charge in [0.15, 0.2) is 12.1 Å². The molecule has 0 bridgehead atoms. The van der Waals surface area contributed by atoms with E-state index < -0.39 is 66.8 Å². The molecule has 3 rings (SSSR count). The molecule has 47 heavy (non-hydrogen) atoms. The number of esters is 1. The van der Waals surface area contributed by atoms with E-state index in [1.807, 2.05) is 33.8 Å². The van der Waals surface area contributed by atoms with E-state index in [-0.39, 0.29) is 30.6 Å². The van der Waals surface area contributed by atoms with Gasteiger partial charge in [0.1, 0.15) is 12.2 Å². The van der Waals surface area contributed by atoms with Gasteiger partial charge in [-0.15, -0.1) is 0 Å². The van der Waals surface area contributed by atoms with E-state index in [1.54, 1.807) is 38.1 Å². The van der Waals surface area contributed by atoms with Gasteiger partial charge in [-0.3, -0.25) is 9.59 Å². The molecule has 0 aliphatic carbocycles. The van der Waals surface area contributed by atoms with E-state index in [4.69, 9.17) is 14.2 Å². The molecule has 11 heteroatoms. The fourth-order valence-corrected chi connectivity index (χ4v) is 7.39. The third-order valence-corrected chi connectivity index (χ3v) is 10.4. The van der Waals surface area contributed by atoms with Crippen LogP contribution in [0.15, 0.2) is 23.8 Å². The minimum Gasteiger partial charge on any atom is -0.462 e. The molecule has 0 spiro atoms. The van der Waals surface area contributed by atoms with Crippen molar-refractivity contribution in [3.63, 3.8) is 0 Å². The molecular weight excluding hydrogens is 604 g/mol. The summed E-state index contributed by atoms with van der Waals surface area (Å²) in [5.41, 5.74) is 0.776. The Bertz CT molecular complexity index is 1050. The van der Waals surface area contributed by atoms with Gasteiger partial charge in [0, 0.05) is 17.8 Å². The van der Waals surface area contributed by atoms with E-state index in [0.29, 0.717) is 19.3 Å². The number of cyclic esters (lactones) is 1. The lowest BCUT2D eigenvalue weighted by Crippen LogP contribution is -2.63. The summed E-state index contributed by atoms with van der Waals surface area (Å²) in [4.78, 5) is 30.9. The Morgan fingerprint density at radius 2 is 1.70 bits per heavy atom. The molecule has 0 aromatic rings. The Hall–Kier alpha value is -1.70. The van der Waals surface area contributed by atoms with Crippen LogP contribution in [0.1, 0.15) is 79.6 Å². The van der Waals surface area contributed by atoms with Crippen LogP contribution in [0.25, 0.3) is 0 Å². The first-order valence-electron chi connectivity index (χ1n) is 17.7. The topological polar surface area (TPSA) is 149 Å². The Kier molecular flexibility index (Phi) is 16.0. The van der Waals surface area contributed by atoms with Crippen molar-refractivity contribution in [2.24, 2.45) is 23.7 Å². The summed E-state index contributed by atoms with van der Waals surface area (Å²) in [6.07, 6.45) is 3.61. The summed E-state index contributed by atoms with van der Waals surface area (Å²) >= 11 is 0. The fourth-order valence-electron chi connectivity index (χ4n) is 7.39. The molecule has 0 aromatic heterocycles. The molecule has 3 aliphatic heterocycles. The fraction of sp³-hybridized carbons (Fsp3) is 0.833. The molecule has 0 radical (unpaired) electrons. The van der Waals surface area contributed by atoms with E-state index >= 15 is 0 Å². The lowest BCUT2D eigenvalue weighted by molar-refractivity contribution is -0.304. The summed E-state index contributed by atoms with van der Waals surface area (Å²) in [7, 11) is 3.56. The summed E-state index contributed by atoms with van der Waals surface area (Å²) in [5, 5.41) is 43.9. The number of aliphatic hydroxyl groups excluding tert-OH is 4. The number of hydrogen-bond donors (Lipinski definition) is 4. The van der Waals surface area contributed by atoms with Gasteiger partial charge in [0.25, 0.3) is 0 Å². The second kappa shape index (κ2) is 18.9. The van der Waals surface area contributed by atoms with Gasteiger partial charge in [-0.05, 0) is 91.7 Å². The largest absolute Gasteiger partial charge is 0.462 e. The van der Waals surface area contributed by atoms with Crippen LogP contribution < -0.4 is 0 Å². The highest BCUT2D eigenvalue weighted by molar-refractivity contribution is 5.91. The molecule has 270 valence electrons. The molecule has 0 aromatic carbocycles. The van der Waals surface area contributed by atoms with Crippen LogP contribution in [0, 0.1) is 23.7 Å². The predicted octanol–water partition coefficient (Wildman–Crippen LogP) is 2.69. The first-order chi connectivity index (χ1) is 22.3. The van der Waals surface area contributed by atoms with Crippen LogP contribution in [-0.2, 0) is 23.8 Å². The zero-order valence-electron chi connectivity index (χ0n) is 29.7. The quantitative estimate of drug-likeness (QED) is 0.284. The van der Waals surface area contributed by atoms with E-state index in [2.05, 4.69) is 4.90 Å². The number of likely N-dealkylation sites (tertiary alicyclic amines) is 1. The van der Waals surface area contributed by atoms with Crippen molar-refractivity contribution in [1.29, 1.82) is 0 Å². The molecule has 3 heterocycles. The summed E-state index contributed by atoms with van der Waals surface area (Å²) in [5.74, 6) is -2.29. The number of carbonyl (C=O) groups excluding carboxylic acids is 2. The van der Waals surface area contributed by atoms with Gasteiger partial charge >= 0.3 is 5.97 Å². The summed E-state index contributed by atoms with van der Waals surface area (Å²) in [6.45, 7) is 11.7. The van der Waals surface area contributed by atoms with Crippen LogP contribution >= 0.6 is 0 Å². The van der Waals surface area contributed by atoms with Gasteiger partial charge in [-0.2, -0.15) is 0 Å². The predicted molar refractivity (Wildman–Crippen MR) is 179 cm³/mol. The number of hydrogen-bond acceptors (Lipinski definition) is 11. The SMILES string of the molecule is CCC1OC(=O)CC(O)C(C)C(OC2OC(C)C(O)C(N(C)C)C2O)C(CCN2CCCCC2)CC(C)C(=O)C=CC(C)=CC1CO. The molecule has 4 N–H and O–H groups in total. The molecule has 12 atom stereocenters. The third kappa shape index (κ3) is 11.2. The Balaban J connectivity index is 2.02. The van der Waals surface area contributed by atoms with Crippen molar-refractivity contribution in [2.45, 2.75) is 129 Å². The molecular formula is C36H62N2O9. The minimum atomic E-state index is -1.19. The van der Waals surface area contributed by atoms with Crippen LogP contribution in [0.2, 0.25) is 0 Å². The van der Waals surface area contributed by atoms with Gasteiger partial charge in [-0.1, -0.05) is 44.9 Å². The maximum absolute atomic E-state index is 13.5. The van der Waals surface area contributed by atoms with Crippen molar-refractivity contribution < 1.29 is 44.2 Å². The highest BCUT2D eigenvalue weighted by atomic mass is 16.7. The van der Waals surface area contributed by atoms with Crippen LogP contribution in [-0.4, -0.2) is 131 Å². The molecule has 2 saturated heterocycles. The number of allylic oxidation sites excluding steroid dienone is 3. The maximum atomic E-state index is 13.5. The van der Waals surface area contributed by atoms with Crippen molar-refractivity contribution in [1.82, 2.24) is 9.80 Å². The second-order valence-corrected chi connectivity index (χ2v) is 14.4. The zero-order chi connectivity index (χ0) is 34.8. The second-order valence-electron chi connectivity index (χ2n) is 14.4. The normalized spacial score (nSPS) is 39.1. The number of rotatable bonds is 8. The van der Waals surface area contributed by atoms with Crippen LogP contribution in [0.4, 0.5) is 0 Å². The Morgan fingerprint density at radius 1 is 1.02 bits per heavy atom. The first-order valence-corrected chi connectivity index (χ1v) is 17.7. The number of ketones is 1. The molecule has 11 nitrogen and oxygen atoms in total. The van der Waals surface area contributed by atoms with Crippen molar-refractivity contribution >= 4 is 11.8 Å². The number of ether oxygens (including phenoxy) is 3. The first kappa shape index (κ1) is 39.7. The minimum absolute atomic E-state index is 0.0443. The lowest BCUT2D eigenvalue weighted by Gasteiger charge is -2.47. The van der Waals surface area contributed by atoms with Gasteiger partial charge in [0.05, 0.1) is 43.5 Å². The maximum Gasteiger partial charge on any atom is 0.308 e. The monoisotopic (exact) mass is 666 g/mol. The van der Waals surface area contributed by atoms with Crippen molar-refractivity contribution in [3.05, 3.63) is 23.8 Å². The average molecular weight is 667 g/mol. The van der Waals surface area contributed by atoms with Crippen LogP contribution in [0.5, 0.6) is 0 Å². The lowest BCUT2D eigenvalue weighted by atomic mass is 9.79. The number of nitrogens with zero attached hydrogens (tertiary/aromatic N) is 2. The smallest absolute Gasteiger partial charge is 0.308 e. The van der Waals surface area contributed by atoms with E-state index in [1.165, 1.54) is 6.42 Å². The number of carbonyl (C=O) groups is 2. The van der Waals surface area contributed by atoms with Gasteiger partial charge < -0.3 is 44.4 Å². The van der Waals surface area contributed by atoms with E-state index in [9.17, 15) is 30.0 Å². The molecule has 3 aliphatic rings. The Morgan fingerprint density at radius 3 is 2.32 bits per heavy atom. The summed E-state index contributed by atoms with van der Waals surface area (Å²) in [6, 6.07) is -0.649. The molecule has 0 amide bonds. The highest BCUT2D eigenvalue weighted by Gasteiger charge is 2.47. The van der Waals surface area contributed by atoms with E-state index in [0.717, 1.165) is 38.0 Å². The molecule has 0 saturated carbocycles. The highest BCUT2D eigenvalue weighted by Crippen LogP contribution is 2.35.